The lowest BCUT2D eigenvalue weighted by Crippen LogP contribution is -1.85. The first-order valence-corrected chi connectivity index (χ1v) is 6.31. The van der Waals surface area contributed by atoms with Crippen molar-refractivity contribution in [1.29, 1.82) is 0 Å². The fourth-order valence-electron chi connectivity index (χ4n) is 1.06. The highest BCUT2D eigenvalue weighted by molar-refractivity contribution is 8.11. The van der Waals surface area contributed by atoms with E-state index in [1.54, 1.807) is 11.8 Å². The van der Waals surface area contributed by atoms with Crippen LogP contribution in [-0.2, 0) is 0 Å². The van der Waals surface area contributed by atoms with Crippen molar-refractivity contribution in [1.82, 2.24) is 0 Å². The molecule has 1 aliphatic heterocycles. The molecule has 0 spiro atoms. The fraction of sp³-hybridized carbons (Fsp3) is 0.333. The van der Waals surface area contributed by atoms with E-state index in [0.717, 1.165) is 11.3 Å². The summed E-state index contributed by atoms with van der Waals surface area (Å²) in [5.74, 6) is 0. The maximum atomic E-state index is 4.11. The molecule has 0 atom stereocenters. The quantitative estimate of drug-likeness (QED) is 0.655. The molecule has 0 aromatic rings. The molecule has 0 aliphatic carbocycles. The standard InChI is InChI=1S/C12H16S2/c1-5-9(2)13-11(4)12-8-6-7-10(3)14-12/h5,7-8H,4,6H2,1-3H3/b9-5-. The minimum atomic E-state index is 1.04. The second-order valence-corrected chi connectivity index (χ2v) is 5.77. The summed E-state index contributed by atoms with van der Waals surface area (Å²) in [6.07, 6.45) is 7.65. The highest BCUT2D eigenvalue weighted by atomic mass is 32.2. The van der Waals surface area contributed by atoms with Gasteiger partial charge in [-0.05, 0) is 37.0 Å². The lowest BCUT2D eigenvalue weighted by Gasteiger charge is -2.13. The predicted molar refractivity (Wildman–Crippen MR) is 70.2 cm³/mol. The third-order valence-electron chi connectivity index (χ3n) is 1.95. The van der Waals surface area contributed by atoms with Gasteiger partial charge < -0.3 is 0 Å². The Kier molecular flexibility index (Phi) is 4.63. The van der Waals surface area contributed by atoms with E-state index in [4.69, 9.17) is 0 Å². The van der Waals surface area contributed by atoms with E-state index >= 15 is 0 Å². The van der Waals surface area contributed by atoms with Crippen molar-refractivity contribution < 1.29 is 0 Å². The Morgan fingerprint density at radius 2 is 2.29 bits per heavy atom. The zero-order valence-corrected chi connectivity index (χ0v) is 10.6. The topological polar surface area (TPSA) is 0 Å². The molecule has 0 saturated heterocycles. The van der Waals surface area contributed by atoms with Crippen LogP contribution in [0.1, 0.15) is 27.2 Å². The summed E-state index contributed by atoms with van der Waals surface area (Å²) in [5, 5.41) is 0. The molecule has 0 N–H and O–H groups in total. The number of thioether (sulfide) groups is 2. The number of hydrogen-bond acceptors (Lipinski definition) is 2. The van der Waals surface area contributed by atoms with Crippen LogP contribution >= 0.6 is 23.5 Å². The minimum absolute atomic E-state index is 1.04. The van der Waals surface area contributed by atoms with Crippen molar-refractivity contribution in [3.05, 3.63) is 44.4 Å². The van der Waals surface area contributed by atoms with E-state index in [1.165, 1.54) is 14.7 Å². The molecule has 1 aliphatic rings. The van der Waals surface area contributed by atoms with Crippen LogP contribution in [0.3, 0.4) is 0 Å². The van der Waals surface area contributed by atoms with Gasteiger partial charge in [-0.15, -0.1) is 0 Å². The van der Waals surface area contributed by atoms with Gasteiger partial charge in [-0.1, -0.05) is 48.3 Å². The third-order valence-corrected chi connectivity index (χ3v) is 4.22. The minimum Gasteiger partial charge on any atom is -0.0946 e. The van der Waals surface area contributed by atoms with Gasteiger partial charge in [-0.25, -0.2) is 0 Å². The zero-order chi connectivity index (χ0) is 10.6. The molecular weight excluding hydrogens is 208 g/mol. The van der Waals surface area contributed by atoms with Gasteiger partial charge in [0.1, 0.15) is 0 Å². The van der Waals surface area contributed by atoms with Gasteiger partial charge in [-0.2, -0.15) is 0 Å². The lowest BCUT2D eigenvalue weighted by molar-refractivity contribution is 1.34. The highest BCUT2D eigenvalue weighted by Gasteiger charge is 2.08. The first kappa shape index (κ1) is 11.7. The largest absolute Gasteiger partial charge is 0.0946 e. The second-order valence-electron chi connectivity index (χ2n) is 3.15. The SMILES string of the molecule is C=C(S/C(C)=C\C)C1=CCC=C(C)S1. The lowest BCUT2D eigenvalue weighted by atomic mass is 10.3. The molecule has 0 nitrogen and oxygen atoms in total. The monoisotopic (exact) mass is 224 g/mol. The molecule has 0 aromatic carbocycles. The maximum absolute atomic E-state index is 4.11. The Morgan fingerprint density at radius 3 is 2.86 bits per heavy atom. The summed E-state index contributed by atoms with van der Waals surface area (Å²) in [6.45, 7) is 10.4. The van der Waals surface area contributed by atoms with E-state index in [-0.39, 0.29) is 0 Å². The molecular formula is C12H16S2. The Morgan fingerprint density at radius 1 is 1.57 bits per heavy atom. The average molecular weight is 224 g/mol. The predicted octanol–water partition coefficient (Wildman–Crippen LogP) is 5.08. The van der Waals surface area contributed by atoms with Gasteiger partial charge in [0.05, 0.1) is 0 Å². The summed E-state index contributed by atoms with van der Waals surface area (Å²) >= 11 is 3.58. The van der Waals surface area contributed by atoms with Crippen molar-refractivity contribution in [2.75, 3.05) is 0 Å². The van der Waals surface area contributed by atoms with Gasteiger partial charge in [0, 0.05) is 9.81 Å². The summed E-state index contributed by atoms with van der Waals surface area (Å²) in [4.78, 5) is 5.17. The van der Waals surface area contributed by atoms with Crippen LogP contribution in [0.5, 0.6) is 0 Å². The first-order chi connectivity index (χ1) is 6.63. The van der Waals surface area contributed by atoms with Gasteiger partial charge in [0.2, 0.25) is 0 Å². The van der Waals surface area contributed by atoms with E-state index in [0.29, 0.717) is 0 Å². The van der Waals surface area contributed by atoms with E-state index in [9.17, 15) is 0 Å². The molecule has 0 saturated carbocycles. The number of rotatable bonds is 3. The molecule has 0 fully saturated rings. The Bertz CT molecular complexity index is 319. The molecule has 0 unspecified atom stereocenters. The summed E-state index contributed by atoms with van der Waals surface area (Å²) in [7, 11) is 0. The normalized spacial score (nSPS) is 17.5. The van der Waals surface area contributed by atoms with Crippen LogP contribution in [-0.4, -0.2) is 0 Å². The molecule has 1 rings (SSSR count). The van der Waals surface area contributed by atoms with E-state index in [2.05, 4.69) is 45.6 Å². The molecule has 0 amide bonds. The van der Waals surface area contributed by atoms with Crippen molar-refractivity contribution >= 4 is 23.5 Å². The Labute approximate surface area is 95.2 Å². The number of allylic oxidation sites excluding steroid dienone is 5. The Hall–Kier alpha value is -0.340. The van der Waals surface area contributed by atoms with Crippen molar-refractivity contribution in [2.24, 2.45) is 0 Å². The van der Waals surface area contributed by atoms with Crippen LogP contribution < -0.4 is 0 Å². The molecule has 0 aromatic heterocycles. The highest BCUT2D eigenvalue weighted by Crippen LogP contribution is 2.40. The first-order valence-electron chi connectivity index (χ1n) is 4.68. The fourth-order valence-corrected chi connectivity index (χ4v) is 2.82. The van der Waals surface area contributed by atoms with Crippen molar-refractivity contribution in [2.45, 2.75) is 27.2 Å². The van der Waals surface area contributed by atoms with Gasteiger partial charge >= 0.3 is 0 Å². The Balaban J connectivity index is 2.58. The van der Waals surface area contributed by atoms with Crippen LogP contribution in [0, 0.1) is 0 Å². The molecule has 1 heterocycles. The average Bonchev–Trinajstić information content (AvgIpc) is 2.17. The molecule has 14 heavy (non-hydrogen) atoms. The van der Waals surface area contributed by atoms with Crippen LogP contribution in [0.25, 0.3) is 0 Å². The number of hydrogen-bond donors (Lipinski definition) is 0. The summed E-state index contributed by atoms with van der Waals surface area (Å²) in [5.41, 5.74) is 0. The zero-order valence-electron chi connectivity index (χ0n) is 8.96. The maximum Gasteiger partial charge on any atom is 0.0215 e. The molecule has 0 bridgehead atoms. The second kappa shape index (κ2) is 5.52. The van der Waals surface area contributed by atoms with Gasteiger partial charge in [-0.3, -0.25) is 0 Å². The van der Waals surface area contributed by atoms with E-state index < -0.39 is 0 Å². The summed E-state index contributed by atoms with van der Waals surface area (Å²) in [6, 6.07) is 0. The van der Waals surface area contributed by atoms with Crippen LogP contribution in [0.4, 0.5) is 0 Å². The summed E-state index contributed by atoms with van der Waals surface area (Å²) < 4.78 is 0. The van der Waals surface area contributed by atoms with Crippen molar-refractivity contribution in [3.63, 3.8) is 0 Å². The van der Waals surface area contributed by atoms with Crippen LogP contribution in [0.15, 0.2) is 44.4 Å². The van der Waals surface area contributed by atoms with Gasteiger partial charge in [0.25, 0.3) is 0 Å². The van der Waals surface area contributed by atoms with Gasteiger partial charge in [0.15, 0.2) is 0 Å². The molecule has 0 radical (unpaired) electrons. The van der Waals surface area contributed by atoms with E-state index in [1.807, 2.05) is 11.8 Å². The molecule has 2 heteroatoms. The smallest absolute Gasteiger partial charge is 0.0215 e. The van der Waals surface area contributed by atoms with Crippen molar-refractivity contribution in [3.8, 4) is 0 Å². The third kappa shape index (κ3) is 3.43. The molecule has 76 valence electrons. The van der Waals surface area contributed by atoms with Crippen LogP contribution in [0.2, 0.25) is 0 Å².